The van der Waals surface area contributed by atoms with Gasteiger partial charge in [0.1, 0.15) is 0 Å². The van der Waals surface area contributed by atoms with E-state index in [9.17, 15) is 0 Å². The number of rotatable bonds is 4. The van der Waals surface area contributed by atoms with Gasteiger partial charge in [-0.25, -0.2) is 0 Å². The van der Waals surface area contributed by atoms with Crippen molar-refractivity contribution in [1.82, 2.24) is 0 Å². The van der Waals surface area contributed by atoms with Crippen LogP contribution in [0.25, 0.3) is 0 Å². The molecule has 62 valence electrons. The molecule has 0 nitrogen and oxygen atoms in total. The first-order chi connectivity index (χ1) is 4.59. The minimum atomic E-state index is 0.849. The second-order valence-corrected chi connectivity index (χ2v) is 3.87. The van der Waals surface area contributed by atoms with Crippen molar-refractivity contribution in [2.75, 3.05) is 0 Å². The molecule has 0 aliphatic rings. The molecule has 10 heavy (non-hydrogen) atoms. The topological polar surface area (TPSA) is 0 Å². The van der Waals surface area contributed by atoms with Gasteiger partial charge in [-0.3, -0.25) is 0 Å². The molecule has 0 aromatic carbocycles. The molecule has 0 radical (unpaired) electrons. The van der Waals surface area contributed by atoms with Crippen molar-refractivity contribution < 1.29 is 0 Å². The van der Waals surface area contributed by atoms with Crippen LogP contribution in [0.4, 0.5) is 0 Å². The van der Waals surface area contributed by atoms with E-state index in [1.807, 2.05) is 0 Å². The lowest BCUT2D eigenvalue weighted by Crippen LogP contribution is -2.13. The lowest BCUT2D eigenvalue weighted by molar-refractivity contribution is 0.280. The SMILES string of the molecule is CCC[C@@H](C)[C@H](C)C(C)C. The first-order valence-corrected chi connectivity index (χ1v) is 4.59. The van der Waals surface area contributed by atoms with Crippen LogP contribution >= 0.6 is 0 Å². The summed E-state index contributed by atoms with van der Waals surface area (Å²) < 4.78 is 0. The summed E-state index contributed by atoms with van der Waals surface area (Å²) in [5.41, 5.74) is 0. The second-order valence-electron chi connectivity index (χ2n) is 3.87. The van der Waals surface area contributed by atoms with Crippen molar-refractivity contribution in [2.24, 2.45) is 17.8 Å². The van der Waals surface area contributed by atoms with Crippen LogP contribution in [0.1, 0.15) is 47.5 Å². The summed E-state index contributed by atoms with van der Waals surface area (Å²) in [6, 6.07) is 0. The Bertz CT molecular complexity index is 74.1. The minimum absolute atomic E-state index is 0.849. The van der Waals surface area contributed by atoms with E-state index in [-0.39, 0.29) is 0 Å². The average Bonchev–Trinajstić information content (AvgIpc) is 1.87. The molecule has 0 heteroatoms. The highest BCUT2D eigenvalue weighted by molar-refractivity contribution is 4.64. The van der Waals surface area contributed by atoms with E-state index in [1.54, 1.807) is 0 Å². The standard InChI is InChI=1S/C10H22/c1-6-7-9(4)10(5)8(2)3/h8-10H,6-7H2,1-5H3/t9-,10-/m1/s1. The quantitative estimate of drug-likeness (QED) is 0.561. The summed E-state index contributed by atoms with van der Waals surface area (Å²) >= 11 is 0. The van der Waals surface area contributed by atoms with Crippen molar-refractivity contribution in [3.63, 3.8) is 0 Å². The highest BCUT2D eigenvalue weighted by Crippen LogP contribution is 2.23. The van der Waals surface area contributed by atoms with Gasteiger partial charge in [0.05, 0.1) is 0 Å². The molecule has 2 atom stereocenters. The molecule has 0 fully saturated rings. The first-order valence-electron chi connectivity index (χ1n) is 4.59. The number of hydrogen-bond acceptors (Lipinski definition) is 0. The van der Waals surface area contributed by atoms with Gasteiger partial charge < -0.3 is 0 Å². The lowest BCUT2D eigenvalue weighted by atomic mass is 9.84. The van der Waals surface area contributed by atoms with Crippen LogP contribution in [0.5, 0.6) is 0 Å². The predicted octanol–water partition coefficient (Wildman–Crippen LogP) is 3.71. The van der Waals surface area contributed by atoms with E-state index in [1.165, 1.54) is 12.8 Å². The largest absolute Gasteiger partial charge is 0.0654 e. The Kier molecular flexibility index (Phi) is 4.76. The van der Waals surface area contributed by atoms with Gasteiger partial charge >= 0.3 is 0 Å². The molecule has 0 N–H and O–H groups in total. The molecule has 0 unspecified atom stereocenters. The fourth-order valence-electron chi connectivity index (χ4n) is 1.38. The Morgan fingerprint density at radius 3 is 1.80 bits per heavy atom. The van der Waals surface area contributed by atoms with Gasteiger partial charge in [0.15, 0.2) is 0 Å². The first kappa shape index (κ1) is 10.0. The Morgan fingerprint density at radius 2 is 1.50 bits per heavy atom. The Balaban J connectivity index is 3.58. The van der Waals surface area contributed by atoms with Crippen molar-refractivity contribution in [3.8, 4) is 0 Å². The maximum absolute atomic E-state index is 2.37. The van der Waals surface area contributed by atoms with Gasteiger partial charge in [-0.15, -0.1) is 0 Å². The summed E-state index contributed by atoms with van der Waals surface area (Å²) in [4.78, 5) is 0. The second kappa shape index (κ2) is 4.76. The fourth-order valence-corrected chi connectivity index (χ4v) is 1.38. The molecule has 0 bridgehead atoms. The van der Waals surface area contributed by atoms with Crippen LogP contribution in [0.3, 0.4) is 0 Å². The third-order valence-corrected chi connectivity index (χ3v) is 2.69. The van der Waals surface area contributed by atoms with Crippen LogP contribution in [-0.4, -0.2) is 0 Å². The molecule has 0 saturated heterocycles. The normalized spacial score (nSPS) is 17.4. The summed E-state index contributed by atoms with van der Waals surface area (Å²) in [7, 11) is 0. The molecule has 0 heterocycles. The third-order valence-electron chi connectivity index (χ3n) is 2.69. The maximum atomic E-state index is 2.37. The zero-order chi connectivity index (χ0) is 8.15. The third kappa shape index (κ3) is 3.24. The van der Waals surface area contributed by atoms with Gasteiger partial charge in [0.25, 0.3) is 0 Å². The van der Waals surface area contributed by atoms with Crippen LogP contribution in [-0.2, 0) is 0 Å². The molecular formula is C10H22. The van der Waals surface area contributed by atoms with Crippen molar-refractivity contribution >= 4 is 0 Å². The van der Waals surface area contributed by atoms with Crippen LogP contribution < -0.4 is 0 Å². The van der Waals surface area contributed by atoms with E-state index in [0.717, 1.165) is 17.8 Å². The Hall–Kier alpha value is 0. The molecular weight excluding hydrogens is 120 g/mol. The summed E-state index contributed by atoms with van der Waals surface area (Å²) in [6.45, 7) is 11.6. The van der Waals surface area contributed by atoms with Gasteiger partial charge in [-0.05, 0) is 17.8 Å². The van der Waals surface area contributed by atoms with Gasteiger partial charge in [-0.2, -0.15) is 0 Å². The van der Waals surface area contributed by atoms with Crippen molar-refractivity contribution in [3.05, 3.63) is 0 Å². The predicted molar refractivity (Wildman–Crippen MR) is 48.1 cm³/mol. The van der Waals surface area contributed by atoms with Gasteiger partial charge in [-0.1, -0.05) is 47.5 Å². The van der Waals surface area contributed by atoms with E-state index < -0.39 is 0 Å². The number of hydrogen-bond donors (Lipinski definition) is 0. The average molecular weight is 142 g/mol. The molecule has 0 amide bonds. The molecule has 0 aromatic rings. The molecule has 0 saturated carbocycles. The molecule has 0 rings (SSSR count). The Labute approximate surface area is 66.0 Å². The minimum Gasteiger partial charge on any atom is -0.0654 e. The fraction of sp³-hybridized carbons (Fsp3) is 1.00. The summed E-state index contributed by atoms with van der Waals surface area (Å²) in [6.07, 6.45) is 2.72. The maximum Gasteiger partial charge on any atom is -0.0394 e. The zero-order valence-electron chi connectivity index (χ0n) is 8.15. The molecule has 0 spiro atoms. The smallest absolute Gasteiger partial charge is 0.0394 e. The van der Waals surface area contributed by atoms with E-state index in [0.29, 0.717) is 0 Å². The molecule has 0 aromatic heterocycles. The molecule has 0 aliphatic carbocycles. The summed E-state index contributed by atoms with van der Waals surface area (Å²) in [5.74, 6) is 2.64. The zero-order valence-corrected chi connectivity index (χ0v) is 8.15. The monoisotopic (exact) mass is 142 g/mol. The highest BCUT2D eigenvalue weighted by Gasteiger charge is 2.13. The van der Waals surface area contributed by atoms with Gasteiger partial charge in [0.2, 0.25) is 0 Å². The van der Waals surface area contributed by atoms with Crippen molar-refractivity contribution in [1.29, 1.82) is 0 Å². The van der Waals surface area contributed by atoms with Crippen LogP contribution in [0, 0.1) is 17.8 Å². The Morgan fingerprint density at radius 1 is 1.00 bits per heavy atom. The van der Waals surface area contributed by atoms with E-state index in [4.69, 9.17) is 0 Å². The van der Waals surface area contributed by atoms with Crippen LogP contribution in [0.2, 0.25) is 0 Å². The lowest BCUT2D eigenvalue weighted by Gasteiger charge is -2.22. The van der Waals surface area contributed by atoms with E-state index >= 15 is 0 Å². The summed E-state index contributed by atoms with van der Waals surface area (Å²) in [5, 5.41) is 0. The highest BCUT2D eigenvalue weighted by atomic mass is 14.2. The van der Waals surface area contributed by atoms with E-state index in [2.05, 4.69) is 34.6 Å². The van der Waals surface area contributed by atoms with Crippen molar-refractivity contribution in [2.45, 2.75) is 47.5 Å². The molecule has 0 aliphatic heterocycles. The van der Waals surface area contributed by atoms with Crippen LogP contribution in [0.15, 0.2) is 0 Å². The van der Waals surface area contributed by atoms with Gasteiger partial charge in [0, 0.05) is 0 Å².